The molecule has 0 radical (unpaired) electrons. The molecule has 198 valence electrons. The van der Waals surface area contributed by atoms with Crippen LogP contribution in [0, 0.1) is 0 Å². The summed E-state index contributed by atoms with van der Waals surface area (Å²) in [5.74, 6) is -5.26. The maximum absolute atomic E-state index is 11.4. The number of carbonyl (C=O) groups is 4. The number of hydrogen-bond acceptors (Lipinski definition) is 12. The highest BCUT2D eigenvalue weighted by molar-refractivity contribution is 5.72. The number of aliphatic hydroxyl groups excluding tert-OH is 1. The second-order valence-electron chi connectivity index (χ2n) is 7.19. The summed E-state index contributed by atoms with van der Waals surface area (Å²) in [7, 11) is 0. The second kappa shape index (κ2) is 17.1. The normalized spacial score (nSPS) is 14.9. The van der Waals surface area contributed by atoms with E-state index in [1.807, 2.05) is 0 Å². The van der Waals surface area contributed by atoms with Crippen molar-refractivity contribution in [3.8, 4) is 0 Å². The molecule has 0 amide bonds. The molecule has 0 aliphatic rings. The largest absolute Gasteiger partial charge is 0.480 e. The number of carboxylic acids is 4. The maximum Gasteiger partial charge on any atom is 0.317 e. The number of nitrogens with one attached hydrogen (secondary N) is 2. The van der Waals surface area contributed by atoms with Crippen LogP contribution >= 0.6 is 0 Å². The van der Waals surface area contributed by atoms with E-state index in [1.54, 1.807) is 0 Å². The number of ether oxygens (including phenoxy) is 2. The van der Waals surface area contributed by atoms with Gasteiger partial charge in [-0.25, -0.2) is 0 Å². The summed E-state index contributed by atoms with van der Waals surface area (Å²) >= 11 is 0. The SMILES string of the molecule is NCCOCC(NCC(=O)O)C(O)(CO)C(COCCNCC(=O)O)N(CC(=O)O)CC(=O)O. The molecule has 0 rings (SSSR count). The van der Waals surface area contributed by atoms with Crippen LogP contribution in [0.2, 0.25) is 0 Å². The first-order chi connectivity index (χ1) is 16.0. The molecule has 0 saturated carbocycles. The molecule has 3 unspecified atom stereocenters. The van der Waals surface area contributed by atoms with Gasteiger partial charge in [0.2, 0.25) is 0 Å². The third-order valence-electron chi connectivity index (χ3n) is 4.57. The average molecular weight is 498 g/mol. The van der Waals surface area contributed by atoms with E-state index in [0.717, 1.165) is 4.90 Å². The quantitative estimate of drug-likeness (QED) is 0.0634. The molecule has 0 bridgehead atoms. The monoisotopic (exact) mass is 498 g/mol. The van der Waals surface area contributed by atoms with Crippen LogP contribution in [-0.4, -0.2) is 149 Å². The lowest BCUT2D eigenvalue weighted by Crippen LogP contribution is -2.69. The minimum absolute atomic E-state index is 0.0249. The van der Waals surface area contributed by atoms with E-state index in [0.29, 0.717) is 0 Å². The van der Waals surface area contributed by atoms with Crippen LogP contribution in [0.3, 0.4) is 0 Å². The standard InChI is InChI=1S/C18H34N4O12/c19-1-3-33-9-12(21-6-15(26)27)18(32,11-23)13(10-34-4-2-20-5-14(24)25)22(7-16(28)29)8-17(30)31/h12-13,20-21,23,32H,1-11,19H2,(H,24,25)(H,26,27)(H,28,29)(H,30,31). The fourth-order valence-corrected chi connectivity index (χ4v) is 3.05. The predicted molar refractivity (Wildman–Crippen MR) is 113 cm³/mol. The minimum atomic E-state index is -2.33. The predicted octanol–water partition coefficient (Wildman–Crippen LogP) is -4.74. The van der Waals surface area contributed by atoms with Gasteiger partial charge >= 0.3 is 23.9 Å². The molecule has 0 aromatic rings. The Kier molecular flexibility index (Phi) is 15.8. The fraction of sp³-hybridized carbons (Fsp3) is 0.778. The number of aliphatic carboxylic acids is 4. The van der Waals surface area contributed by atoms with Crippen molar-refractivity contribution < 1.29 is 59.3 Å². The molecule has 0 aromatic carbocycles. The van der Waals surface area contributed by atoms with Crippen molar-refractivity contribution in [2.75, 3.05) is 72.3 Å². The molecule has 0 fully saturated rings. The lowest BCUT2D eigenvalue weighted by atomic mass is 9.85. The zero-order valence-electron chi connectivity index (χ0n) is 18.6. The van der Waals surface area contributed by atoms with Gasteiger partial charge in [0.25, 0.3) is 0 Å². The first kappa shape index (κ1) is 31.6. The van der Waals surface area contributed by atoms with Crippen molar-refractivity contribution in [1.82, 2.24) is 15.5 Å². The van der Waals surface area contributed by atoms with Gasteiger partial charge in [0.1, 0.15) is 5.60 Å². The zero-order valence-corrected chi connectivity index (χ0v) is 18.6. The van der Waals surface area contributed by atoms with Crippen molar-refractivity contribution in [1.29, 1.82) is 0 Å². The first-order valence-electron chi connectivity index (χ1n) is 10.2. The minimum Gasteiger partial charge on any atom is -0.480 e. The van der Waals surface area contributed by atoms with E-state index >= 15 is 0 Å². The van der Waals surface area contributed by atoms with Crippen molar-refractivity contribution in [2.24, 2.45) is 5.73 Å². The molecular formula is C18H34N4O12. The summed E-state index contributed by atoms with van der Waals surface area (Å²) < 4.78 is 10.7. The molecule has 0 spiro atoms. The molecule has 0 aromatic heterocycles. The van der Waals surface area contributed by atoms with Gasteiger partial charge in [-0.2, -0.15) is 0 Å². The zero-order chi connectivity index (χ0) is 26.1. The molecule has 34 heavy (non-hydrogen) atoms. The molecule has 16 nitrogen and oxygen atoms in total. The summed E-state index contributed by atoms with van der Waals surface area (Å²) in [5.41, 5.74) is 3.04. The number of rotatable bonds is 22. The molecule has 0 heterocycles. The third kappa shape index (κ3) is 12.7. The summed E-state index contributed by atoms with van der Waals surface area (Å²) in [6, 6.07) is -2.76. The summed E-state index contributed by atoms with van der Waals surface area (Å²) in [4.78, 5) is 45.2. The molecule has 0 aliphatic heterocycles. The van der Waals surface area contributed by atoms with E-state index in [-0.39, 0.29) is 39.5 Å². The molecule has 0 saturated heterocycles. The molecule has 10 N–H and O–H groups in total. The summed E-state index contributed by atoms with van der Waals surface area (Å²) in [6.45, 7) is -4.52. The smallest absolute Gasteiger partial charge is 0.317 e. The van der Waals surface area contributed by atoms with Crippen molar-refractivity contribution >= 4 is 23.9 Å². The molecular weight excluding hydrogens is 464 g/mol. The van der Waals surface area contributed by atoms with Crippen LogP contribution < -0.4 is 16.4 Å². The van der Waals surface area contributed by atoms with Crippen molar-refractivity contribution in [3.63, 3.8) is 0 Å². The second-order valence-corrected chi connectivity index (χ2v) is 7.19. The van der Waals surface area contributed by atoms with Crippen LogP contribution in [0.1, 0.15) is 0 Å². The highest BCUT2D eigenvalue weighted by Crippen LogP contribution is 2.22. The Bertz CT molecular complexity index is 636. The van der Waals surface area contributed by atoms with E-state index < -0.39 is 74.4 Å². The number of nitrogens with zero attached hydrogens (tertiary/aromatic N) is 1. The highest BCUT2D eigenvalue weighted by Gasteiger charge is 2.47. The summed E-state index contributed by atoms with van der Waals surface area (Å²) in [5, 5.41) is 62.7. The average Bonchev–Trinajstić information content (AvgIpc) is 2.73. The number of hydrogen-bond donors (Lipinski definition) is 9. The van der Waals surface area contributed by atoms with Gasteiger partial charge < -0.3 is 51.2 Å². The Hall–Kier alpha value is -2.44. The summed E-state index contributed by atoms with van der Waals surface area (Å²) in [6.07, 6.45) is 0. The number of aliphatic hydroxyl groups is 2. The first-order valence-corrected chi connectivity index (χ1v) is 10.2. The van der Waals surface area contributed by atoms with Crippen LogP contribution in [0.5, 0.6) is 0 Å². The molecule has 16 heteroatoms. The van der Waals surface area contributed by atoms with Crippen molar-refractivity contribution in [2.45, 2.75) is 17.7 Å². The highest BCUT2D eigenvalue weighted by atomic mass is 16.5. The fourth-order valence-electron chi connectivity index (χ4n) is 3.05. The Morgan fingerprint density at radius 2 is 1.44 bits per heavy atom. The molecule has 3 atom stereocenters. The Morgan fingerprint density at radius 1 is 0.882 bits per heavy atom. The van der Waals surface area contributed by atoms with E-state index in [2.05, 4.69) is 10.6 Å². The van der Waals surface area contributed by atoms with Gasteiger partial charge in [-0.1, -0.05) is 0 Å². The van der Waals surface area contributed by atoms with E-state index in [4.69, 9.17) is 25.4 Å². The topological polar surface area (TPSA) is 261 Å². The van der Waals surface area contributed by atoms with Gasteiger partial charge in [-0.05, 0) is 0 Å². The van der Waals surface area contributed by atoms with Crippen LogP contribution in [0.4, 0.5) is 0 Å². The number of carboxylic acid groups (broad SMARTS) is 4. The van der Waals surface area contributed by atoms with Gasteiger partial charge in [0, 0.05) is 13.1 Å². The maximum atomic E-state index is 11.4. The Balaban J connectivity index is 5.90. The van der Waals surface area contributed by atoms with Gasteiger partial charge in [0.05, 0.1) is 71.3 Å². The van der Waals surface area contributed by atoms with E-state index in [1.165, 1.54) is 0 Å². The Labute approximate surface area is 195 Å². The Morgan fingerprint density at radius 3 is 1.91 bits per heavy atom. The lowest BCUT2D eigenvalue weighted by molar-refractivity contribution is -0.158. The van der Waals surface area contributed by atoms with Crippen LogP contribution in [0.25, 0.3) is 0 Å². The number of nitrogens with two attached hydrogens (primary N) is 1. The lowest BCUT2D eigenvalue weighted by Gasteiger charge is -2.45. The van der Waals surface area contributed by atoms with Crippen molar-refractivity contribution in [3.05, 3.63) is 0 Å². The van der Waals surface area contributed by atoms with Crippen LogP contribution in [-0.2, 0) is 28.7 Å². The molecule has 0 aliphatic carbocycles. The van der Waals surface area contributed by atoms with Gasteiger partial charge in [0.15, 0.2) is 0 Å². The van der Waals surface area contributed by atoms with Gasteiger partial charge in [-0.3, -0.25) is 29.4 Å². The van der Waals surface area contributed by atoms with Gasteiger partial charge in [-0.15, -0.1) is 0 Å². The van der Waals surface area contributed by atoms with Crippen LogP contribution in [0.15, 0.2) is 0 Å². The van der Waals surface area contributed by atoms with E-state index in [9.17, 15) is 39.6 Å². The third-order valence-corrected chi connectivity index (χ3v) is 4.57.